The number of amides is 1. The van der Waals surface area contributed by atoms with E-state index in [0.29, 0.717) is 5.41 Å². The van der Waals surface area contributed by atoms with Gasteiger partial charge in [-0.25, -0.2) is 0 Å². The van der Waals surface area contributed by atoms with E-state index in [2.05, 4.69) is 15.6 Å². The summed E-state index contributed by atoms with van der Waals surface area (Å²) in [6.07, 6.45) is 5.35. The molecule has 0 saturated heterocycles. The van der Waals surface area contributed by atoms with Gasteiger partial charge in [-0.05, 0) is 39.0 Å². The Labute approximate surface area is 120 Å². The normalized spacial score (nSPS) is 23.3. The summed E-state index contributed by atoms with van der Waals surface area (Å²) in [6, 6.07) is -0.0364. The predicted molar refractivity (Wildman–Crippen MR) is 81.5 cm³/mol. The van der Waals surface area contributed by atoms with E-state index in [1.165, 1.54) is 25.7 Å². The van der Waals surface area contributed by atoms with Gasteiger partial charge in [-0.1, -0.05) is 24.6 Å². The van der Waals surface area contributed by atoms with Crippen LogP contribution in [-0.2, 0) is 4.79 Å². The van der Waals surface area contributed by atoms with Crippen molar-refractivity contribution in [3.8, 4) is 0 Å². The highest BCUT2D eigenvalue weighted by atomic mass is 32.2. The van der Waals surface area contributed by atoms with Gasteiger partial charge in [-0.15, -0.1) is 0 Å². The third-order valence-corrected chi connectivity index (χ3v) is 5.18. The second-order valence-corrected chi connectivity index (χ2v) is 7.11. The van der Waals surface area contributed by atoms with Crippen LogP contribution in [-0.4, -0.2) is 35.5 Å². The highest BCUT2D eigenvalue weighted by Gasteiger charge is 2.36. The zero-order valence-electron chi connectivity index (χ0n) is 12.2. The van der Waals surface area contributed by atoms with Crippen molar-refractivity contribution in [2.24, 2.45) is 10.4 Å². The molecule has 1 saturated carbocycles. The Balaban J connectivity index is 1.83. The molecule has 1 fully saturated rings. The molecular formula is C14H25N3OS. The first kappa shape index (κ1) is 14.7. The van der Waals surface area contributed by atoms with E-state index >= 15 is 0 Å². The van der Waals surface area contributed by atoms with Gasteiger partial charge in [0, 0.05) is 18.3 Å². The number of nitrogens with one attached hydrogen (secondary N) is 2. The number of carbonyl (C=O) groups excluding carboxylic acids is 1. The van der Waals surface area contributed by atoms with Crippen molar-refractivity contribution in [1.82, 2.24) is 10.6 Å². The van der Waals surface area contributed by atoms with E-state index in [9.17, 15) is 4.79 Å². The van der Waals surface area contributed by atoms with E-state index in [1.54, 1.807) is 11.8 Å². The van der Waals surface area contributed by atoms with Gasteiger partial charge in [0.15, 0.2) is 5.17 Å². The predicted octanol–water partition coefficient (Wildman–Crippen LogP) is 2.15. The molecule has 19 heavy (non-hydrogen) atoms. The zero-order chi connectivity index (χ0) is 13.9. The molecule has 2 N–H and O–H groups in total. The number of hydrogen-bond acceptors (Lipinski definition) is 4. The fourth-order valence-electron chi connectivity index (χ4n) is 2.73. The lowest BCUT2D eigenvalue weighted by Gasteiger charge is -2.31. The minimum Gasteiger partial charge on any atom is -0.353 e. The molecule has 0 aromatic rings. The molecule has 1 unspecified atom stereocenters. The van der Waals surface area contributed by atoms with Crippen LogP contribution in [0.2, 0.25) is 0 Å². The van der Waals surface area contributed by atoms with Crippen molar-refractivity contribution in [1.29, 1.82) is 0 Å². The second-order valence-electron chi connectivity index (χ2n) is 6.15. The van der Waals surface area contributed by atoms with E-state index in [4.69, 9.17) is 0 Å². The summed E-state index contributed by atoms with van der Waals surface area (Å²) in [7, 11) is 0. The molecule has 0 aromatic heterocycles. The molecule has 1 amide bonds. The van der Waals surface area contributed by atoms with Gasteiger partial charge >= 0.3 is 0 Å². The van der Waals surface area contributed by atoms with Crippen LogP contribution in [0.1, 0.15) is 46.5 Å². The summed E-state index contributed by atoms with van der Waals surface area (Å²) < 4.78 is 0. The lowest BCUT2D eigenvalue weighted by atomic mass is 9.89. The Morgan fingerprint density at radius 3 is 2.53 bits per heavy atom. The average Bonchev–Trinajstić information content (AvgIpc) is 2.80. The van der Waals surface area contributed by atoms with Gasteiger partial charge in [-0.2, -0.15) is 0 Å². The monoisotopic (exact) mass is 283 g/mol. The van der Waals surface area contributed by atoms with Crippen LogP contribution in [0.5, 0.6) is 0 Å². The van der Waals surface area contributed by atoms with E-state index in [-0.39, 0.29) is 18.0 Å². The SMILES string of the molecule is CC(C)NC(=O)C(C)NC1=NCC2(CCCC2)CS1. The third-order valence-electron chi connectivity index (χ3n) is 3.90. The quantitative estimate of drug-likeness (QED) is 0.834. The van der Waals surface area contributed by atoms with Gasteiger partial charge in [0.2, 0.25) is 5.91 Å². The number of rotatable bonds is 3. The Hall–Kier alpha value is -0.710. The van der Waals surface area contributed by atoms with Gasteiger partial charge < -0.3 is 10.6 Å². The standard InChI is InChI=1S/C14H25N3OS/c1-10(2)16-12(18)11(3)17-13-15-8-14(9-19-13)6-4-5-7-14/h10-11H,4-9H2,1-3H3,(H,15,17)(H,16,18). The minimum absolute atomic E-state index is 0.0412. The lowest BCUT2D eigenvalue weighted by Crippen LogP contribution is -2.47. The van der Waals surface area contributed by atoms with Crippen LogP contribution < -0.4 is 10.6 Å². The van der Waals surface area contributed by atoms with E-state index in [0.717, 1.165) is 17.5 Å². The molecule has 0 radical (unpaired) electrons. The fraction of sp³-hybridized carbons (Fsp3) is 0.857. The summed E-state index contributed by atoms with van der Waals surface area (Å²) in [5.41, 5.74) is 0.458. The molecule has 2 aliphatic rings. The summed E-state index contributed by atoms with van der Waals surface area (Å²) in [5, 5.41) is 7.08. The molecule has 5 heteroatoms. The first-order valence-electron chi connectivity index (χ1n) is 7.25. The number of aliphatic imine (C=N–C) groups is 1. The first-order chi connectivity index (χ1) is 9.01. The van der Waals surface area contributed by atoms with Crippen molar-refractivity contribution in [3.63, 3.8) is 0 Å². The number of carbonyl (C=O) groups is 1. The van der Waals surface area contributed by atoms with Crippen LogP contribution in [0.15, 0.2) is 4.99 Å². The third kappa shape index (κ3) is 3.88. The molecule has 1 heterocycles. The van der Waals surface area contributed by atoms with Crippen LogP contribution >= 0.6 is 11.8 Å². The van der Waals surface area contributed by atoms with Crippen molar-refractivity contribution in [2.75, 3.05) is 12.3 Å². The molecule has 1 aliphatic heterocycles. The number of thioether (sulfide) groups is 1. The maximum Gasteiger partial charge on any atom is 0.242 e. The molecule has 1 spiro atoms. The summed E-state index contributed by atoms with van der Waals surface area (Å²) in [6.45, 7) is 6.77. The second kappa shape index (κ2) is 6.16. The smallest absolute Gasteiger partial charge is 0.242 e. The van der Waals surface area contributed by atoms with E-state index < -0.39 is 0 Å². The number of nitrogens with zero attached hydrogens (tertiary/aromatic N) is 1. The lowest BCUT2D eigenvalue weighted by molar-refractivity contribution is -0.122. The summed E-state index contributed by atoms with van der Waals surface area (Å²) in [4.78, 5) is 16.5. The first-order valence-corrected chi connectivity index (χ1v) is 8.23. The Morgan fingerprint density at radius 2 is 2.00 bits per heavy atom. The largest absolute Gasteiger partial charge is 0.353 e. The number of amidine groups is 1. The van der Waals surface area contributed by atoms with Crippen molar-refractivity contribution in [2.45, 2.75) is 58.5 Å². The highest BCUT2D eigenvalue weighted by molar-refractivity contribution is 8.13. The molecule has 0 aromatic carbocycles. The van der Waals surface area contributed by atoms with Crippen molar-refractivity contribution >= 4 is 22.8 Å². The molecular weight excluding hydrogens is 258 g/mol. The fourth-order valence-corrected chi connectivity index (χ4v) is 3.97. The van der Waals surface area contributed by atoms with Gasteiger partial charge in [0.1, 0.15) is 6.04 Å². The Kier molecular flexibility index (Phi) is 4.76. The van der Waals surface area contributed by atoms with Crippen LogP contribution in [0.25, 0.3) is 0 Å². The molecule has 4 nitrogen and oxygen atoms in total. The Bertz CT molecular complexity index is 362. The van der Waals surface area contributed by atoms with Crippen LogP contribution in [0, 0.1) is 5.41 Å². The maximum atomic E-state index is 11.8. The molecule has 1 atom stereocenters. The van der Waals surface area contributed by atoms with Gasteiger partial charge in [0.25, 0.3) is 0 Å². The summed E-state index contributed by atoms with van der Waals surface area (Å²) >= 11 is 1.78. The van der Waals surface area contributed by atoms with E-state index in [1.807, 2.05) is 20.8 Å². The molecule has 1 aliphatic carbocycles. The van der Waals surface area contributed by atoms with Gasteiger partial charge in [-0.3, -0.25) is 9.79 Å². The maximum absolute atomic E-state index is 11.8. The van der Waals surface area contributed by atoms with Gasteiger partial charge in [0.05, 0.1) is 0 Å². The summed E-state index contributed by atoms with van der Waals surface area (Å²) in [5.74, 6) is 1.19. The van der Waals surface area contributed by atoms with Crippen LogP contribution in [0.3, 0.4) is 0 Å². The zero-order valence-corrected chi connectivity index (χ0v) is 13.0. The molecule has 108 valence electrons. The average molecular weight is 283 g/mol. The highest BCUT2D eigenvalue weighted by Crippen LogP contribution is 2.43. The van der Waals surface area contributed by atoms with Crippen molar-refractivity contribution in [3.05, 3.63) is 0 Å². The molecule has 0 bridgehead atoms. The topological polar surface area (TPSA) is 53.5 Å². The van der Waals surface area contributed by atoms with Crippen LogP contribution in [0.4, 0.5) is 0 Å². The van der Waals surface area contributed by atoms with Crippen molar-refractivity contribution < 1.29 is 4.79 Å². The number of hydrogen-bond donors (Lipinski definition) is 2. The minimum atomic E-state index is -0.216. The molecule has 2 rings (SSSR count). The Morgan fingerprint density at radius 1 is 1.32 bits per heavy atom.